The number of carbonyl (C=O) groups excluding carboxylic acids is 1. The summed E-state index contributed by atoms with van der Waals surface area (Å²) in [7, 11) is 0. The van der Waals surface area contributed by atoms with Gasteiger partial charge in [0.2, 0.25) is 0 Å². The quantitative estimate of drug-likeness (QED) is 0.768. The number of aryl methyl sites for hydroxylation is 1. The van der Waals surface area contributed by atoms with Crippen LogP contribution in [-0.4, -0.2) is 18.6 Å². The lowest BCUT2D eigenvalue weighted by Crippen LogP contribution is -2.41. The first kappa shape index (κ1) is 14.2. The zero-order valence-electron chi connectivity index (χ0n) is 11.5. The molecule has 2 aromatic carbocycles. The maximum Gasteiger partial charge on any atom is 0.267 e. The molecular formula is C16H15IN2O2. The van der Waals surface area contributed by atoms with Crippen LogP contribution in [0.1, 0.15) is 5.56 Å². The number of rotatable bonds is 2. The van der Waals surface area contributed by atoms with Gasteiger partial charge in [-0.2, -0.15) is 0 Å². The lowest BCUT2D eigenvalue weighted by atomic mass is 10.2. The topological polar surface area (TPSA) is 50.4 Å². The molecule has 0 bridgehead atoms. The Balaban J connectivity index is 1.72. The summed E-state index contributed by atoms with van der Waals surface area (Å²) < 4.78 is 6.90. The molecule has 0 saturated carbocycles. The maximum atomic E-state index is 12.3. The lowest BCUT2D eigenvalue weighted by Gasteiger charge is -2.26. The van der Waals surface area contributed by atoms with E-state index in [1.807, 2.05) is 49.4 Å². The number of benzene rings is 2. The van der Waals surface area contributed by atoms with E-state index < -0.39 is 6.10 Å². The predicted molar refractivity (Wildman–Crippen MR) is 91.9 cm³/mol. The summed E-state index contributed by atoms with van der Waals surface area (Å²) in [5.74, 6) is 0.574. The summed E-state index contributed by atoms with van der Waals surface area (Å²) >= 11 is 2.25. The minimum absolute atomic E-state index is 0.138. The van der Waals surface area contributed by atoms with Crippen LogP contribution in [0.4, 0.5) is 11.4 Å². The second-order valence-corrected chi connectivity index (χ2v) is 6.18. The number of fused-ring (bicyclic) bond motifs is 1. The summed E-state index contributed by atoms with van der Waals surface area (Å²) in [6, 6.07) is 13.5. The molecule has 3 rings (SSSR count). The molecular weight excluding hydrogens is 379 g/mol. The monoisotopic (exact) mass is 394 g/mol. The van der Waals surface area contributed by atoms with Crippen LogP contribution >= 0.6 is 22.6 Å². The van der Waals surface area contributed by atoms with Gasteiger partial charge in [0.05, 0.1) is 12.2 Å². The number of amides is 1. The first-order valence-corrected chi connectivity index (χ1v) is 7.78. The molecule has 108 valence electrons. The molecule has 21 heavy (non-hydrogen) atoms. The van der Waals surface area contributed by atoms with Crippen molar-refractivity contribution in [2.45, 2.75) is 13.0 Å². The van der Waals surface area contributed by atoms with Crippen LogP contribution in [0, 0.1) is 10.5 Å². The third-order valence-electron chi connectivity index (χ3n) is 3.37. The van der Waals surface area contributed by atoms with Crippen molar-refractivity contribution in [1.82, 2.24) is 0 Å². The highest BCUT2D eigenvalue weighted by Crippen LogP contribution is 2.28. The van der Waals surface area contributed by atoms with Gasteiger partial charge in [-0.15, -0.1) is 0 Å². The Hall–Kier alpha value is -1.76. The molecule has 0 spiro atoms. The smallest absolute Gasteiger partial charge is 0.267 e. The highest BCUT2D eigenvalue weighted by atomic mass is 127. The van der Waals surface area contributed by atoms with Crippen molar-refractivity contribution in [2.24, 2.45) is 0 Å². The molecule has 1 unspecified atom stereocenters. The Morgan fingerprint density at radius 3 is 2.95 bits per heavy atom. The van der Waals surface area contributed by atoms with Crippen molar-refractivity contribution in [1.29, 1.82) is 0 Å². The van der Waals surface area contributed by atoms with E-state index >= 15 is 0 Å². The van der Waals surface area contributed by atoms with Gasteiger partial charge in [0.1, 0.15) is 5.75 Å². The van der Waals surface area contributed by atoms with Crippen LogP contribution in [0.5, 0.6) is 5.75 Å². The molecule has 1 aliphatic heterocycles. The van der Waals surface area contributed by atoms with Crippen LogP contribution in [0.25, 0.3) is 0 Å². The molecule has 2 aromatic rings. The average Bonchev–Trinajstić information content (AvgIpc) is 2.49. The van der Waals surface area contributed by atoms with Gasteiger partial charge in [0.25, 0.3) is 5.91 Å². The standard InChI is InChI=1S/C16H15IN2O2/c1-10-8-11(17)6-7-12(10)19-16(20)15-9-18-13-4-2-3-5-14(13)21-15/h2-8,15,18H,9H2,1H3,(H,19,20). The Bertz CT molecular complexity index is 688. The van der Waals surface area contributed by atoms with Gasteiger partial charge in [-0.25, -0.2) is 0 Å². The molecule has 5 heteroatoms. The SMILES string of the molecule is Cc1cc(I)ccc1NC(=O)C1CNc2ccccc2O1. The highest BCUT2D eigenvalue weighted by Gasteiger charge is 2.25. The van der Waals surface area contributed by atoms with Crippen molar-refractivity contribution in [3.8, 4) is 5.75 Å². The molecule has 0 aliphatic carbocycles. The fourth-order valence-corrected chi connectivity index (χ4v) is 2.89. The summed E-state index contributed by atoms with van der Waals surface area (Å²) in [5, 5.41) is 6.15. The number of carbonyl (C=O) groups is 1. The second kappa shape index (κ2) is 5.93. The van der Waals surface area contributed by atoms with E-state index in [0.29, 0.717) is 12.3 Å². The van der Waals surface area contributed by atoms with Crippen LogP contribution < -0.4 is 15.4 Å². The number of ether oxygens (including phenoxy) is 1. The van der Waals surface area contributed by atoms with Crippen LogP contribution in [0.15, 0.2) is 42.5 Å². The van der Waals surface area contributed by atoms with Crippen molar-refractivity contribution in [3.63, 3.8) is 0 Å². The van der Waals surface area contributed by atoms with Gasteiger partial charge in [0.15, 0.2) is 6.10 Å². The summed E-state index contributed by atoms with van der Waals surface area (Å²) in [5.41, 5.74) is 2.79. The molecule has 0 fully saturated rings. The van der Waals surface area contributed by atoms with Crippen LogP contribution in [-0.2, 0) is 4.79 Å². The normalized spacial score (nSPS) is 16.4. The van der Waals surface area contributed by atoms with E-state index in [1.54, 1.807) is 0 Å². The van der Waals surface area contributed by atoms with Crippen LogP contribution in [0.3, 0.4) is 0 Å². The predicted octanol–water partition coefficient (Wildman–Crippen LogP) is 3.41. The number of hydrogen-bond acceptors (Lipinski definition) is 3. The number of para-hydroxylation sites is 2. The molecule has 1 heterocycles. The highest BCUT2D eigenvalue weighted by molar-refractivity contribution is 14.1. The van der Waals surface area contributed by atoms with Crippen molar-refractivity contribution < 1.29 is 9.53 Å². The third kappa shape index (κ3) is 3.12. The van der Waals surface area contributed by atoms with Gasteiger partial charge in [-0.05, 0) is 65.4 Å². The Labute approximate surface area is 137 Å². The van der Waals surface area contributed by atoms with Gasteiger partial charge in [-0.1, -0.05) is 12.1 Å². The molecule has 0 radical (unpaired) electrons. The van der Waals surface area contributed by atoms with E-state index in [4.69, 9.17) is 4.74 Å². The summed E-state index contributed by atoms with van der Waals surface area (Å²) in [6.45, 7) is 2.44. The maximum absolute atomic E-state index is 12.3. The van der Waals surface area contributed by atoms with Crippen LogP contribution in [0.2, 0.25) is 0 Å². The van der Waals surface area contributed by atoms with Gasteiger partial charge in [0, 0.05) is 9.26 Å². The summed E-state index contributed by atoms with van der Waals surface area (Å²) in [4.78, 5) is 12.3. The van der Waals surface area contributed by atoms with Crippen molar-refractivity contribution in [2.75, 3.05) is 17.2 Å². The number of nitrogens with one attached hydrogen (secondary N) is 2. The molecule has 1 atom stereocenters. The molecule has 2 N–H and O–H groups in total. The number of hydrogen-bond donors (Lipinski definition) is 2. The molecule has 0 aromatic heterocycles. The number of halogens is 1. The molecule has 1 amide bonds. The van der Waals surface area contributed by atoms with E-state index in [9.17, 15) is 4.79 Å². The Kier molecular flexibility index (Phi) is 4.01. The van der Waals surface area contributed by atoms with E-state index in [1.165, 1.54) is 0 Å². The average molecular weight is 394 g/mol. The zero-order valence-corrected chi connectivity index (χ0v) is 13.7. The van der Waals surface area contributed by atoms with E-state index in [0.717, 1.165) is 20.5 Å². The minimum atomic E-state index is -0.529. The minimum Gasteiger partial charge on any atom is -0.477 e. The fraction of sp³-hybridized carbons (Fsp3) is 0.188. The molecule has 0 saturated heterocycles. The second-order valence-electron chi connectivity index (χ2n) is 4.93. The van der Waals surface area contributed by atoms with E-state index in [-0.39, 0.29) is 5.91 Å². The van der Waals surface area contributed by atoms with Gasteiger partial charge in [-0.3, -0.25) is 4.79 Å². The Morgan fingerprint density at radius 1 is 1.33 bits per heavy atom. The number of anilines is 2. The lowest BCUT2D eigenvalue weighted by molar-refractivity contribution is -0.122. The van der Waals surface area contributed by atoms with Crippen molar-refractivity contribution >= 4 is 39.9 Å². The van der Waals surface area contributed by atoms with Gasteiger partial charge < -0.3 is 15.4 Å². The largest absolute Gasteiger partial charge is 0.477 e. The molecule has 4 nitrogen and oxygen atoms in total. The first-order chi connectivity index (χ1) is 10.1. The zero-order chi connectivity index (χ0) is 14.8. The fourth-order valence-electron chi connectivity index (χ4n) is 2.24. The van der Waals surface area contributed by atoms with Crippen molar-refractivity contribution in [3.05, 3.63) is 51.6 Å². The molecule has 1 aliphatic rings. The van der Waals surface area contributed by atoms with E-state index in [2.05, 4.69) is 33.2 Å². The first-order valence-electron chi connectivity index (χ1n) is 6.70. The Morgan fingerprint density at radius 2 is 2.14 bits per heavy atom. The summed E-state index contributed by atoms with van der Waals surface area (Å²) in [6.07, 6.45) is -0.529. The van der Waals surface area contributed by atoms with Gasteiger partial charge >= 0.3 is 0 Å². The third-order valence-corrected chi connectivity index (χ3v) is 4.04.